The van der Waals surface area contributed by atoms with Crippen molar-refractivity contribution >= 4 is 28.6 Å². The van der Waals surface area contributed by atoms with E-state index in [0.29, 0.717) is 17.2 Å². The van der Waals surface area contributed by atoms with E-state index >= 15 is 0 Å². The lowest BCUT2D eigenvalue weighted by atomic mass is 9.79. The smallest absolute Gasteiger partial charge is 0.303 e. The number of rotatable bonds is 12. The van der Waals surface area contributed by atoms with Crippen LogP contribution in [0.2, 0.25) is 0 Å². The van der Waals surface area contributed by atoms with Crippen LogP contribution in [0, 0.1) is 17.7 Å². The first-order chi connectivity index (χ1) is 17.9. The van der Waals surface area contributed by atoms with Gasteiger partial charge in [0.2, 0.25) is 0 Å². The Morgan fingerprint density at radius 3 is 2.89 bits per heavy atom. The highest BCUT2D eigenvalue weighted by atomic mass is 32.2. The lowest BCUT2D eigenvalue weighted by Crippen LogP contribution is -2.42. The maximum Gasteiger partial charge on any atom is 0.303 e. The molecule has 1 fully saturated rings. The lowest BCUT2D eigenvalue weighted by Gasteiger charge is -2.38. The Morgan fingerprint density at radius 2 is 2.11 bits per heavy atom. The highest BCUT2D eigenvalue weighted by Gasteiger charge is 2.31. The number of carboxylic acids is 1. The van der Waals surface area contributed by atoms with E-state index < -0.39 is 12.1 Å². The van der Waals surface area contributed by atoms with Crippen molar-refractivity contribution in [3.8, 4) is 5.75 Å². The van der Waals surface area contributed by atoms with E-state index in [2.05, 4.69) is 14.9 Å². The van der Waals surface area contributed by atoms with Gasteiger partial charge in [0.05, 0.1) is 18.7 Å². The number of hydrogen-bond acceptors (Lipinski definition) is 7. The second kappa shape index (κ2) is 13.2. The summed E-state index contributed by atoms with van der Waals surface area (Å²) in [6.07, 6.45) is 5.86. The van der Waals surface area contributed by atoms with Crippen molar-refractivity contribution in [2.75, 3.05) is 32.5 Å². The molecule has 0 spiro atoms. The van der Waals surface area contributed by atoms with Crippen molar-refractivity contribution in [3.05, 3.63) is 60.2 Å². The molecule has 37 heavy (non-hydrogen) atoms. The molecular weight excluding hydrogens is 493 g/mol. The van der Waals surface area contributed by atoms with Gasteiger partial charge in [0.1, 0.15) is 10.8 Å². The number of aliphatic hydroxyl groups excluding tert-OH is 1. The Morgan fingerprint density at radius 1 is 1.24 bits per heavy atom. The Bertz CT molecular complexity index is 1200. The molecule has 198 valence electrons. The van der Waals surface area contributed by atoms with Crippen LogP contribution >= 0.6 is 11.8 Å². The van der Waals surface area contributed by atoms with Gasteiger partial charge >= 0.3 is 5.97 Å². The van der Waals surface area contributed by atoms with Crippen LogP contribution in [0.25, 0.3) is 10.9 Å². The van der Waals surface area contributed by atoms with E-state index in [1.54, 1.807) is 25.6 Å². The van der Waals surface area contributed by atoms with E-state index in [9.17, 15) is 19.4 Å². The molecule has 1 aromatic carbocycles. The van der Waals surface area contributed by atoms with Gasteiger partial charge in [-0.15, -0.1) is 11.8 Å². The number of benzene rings is 1. The first kappa shape index (κ1) is 27.3. The molecule has 3 heterocycles. The zero-order valence-electron chi connectivity index (χ0n) is 21.1. The Balaban J connectivity index is 1.31. The molecule has 0 aliphatic carbocycles. The maximum absolute atomic E-state index is 13.8. The number of thioether (sulfide) groups is 1. The second-order valence-corrected chi connectivity index (χ2v) is 10.7. The maximum atomic E-state index is 13.8. The summed E-state index contributed by atoms with van der Waals surface area (Å²) in [5.41, 5.74) is 1.62. The van der Waals surface area contributed by atoms with E-state index in [0.717, 1.165) is 61.1 Å². The largest absolute Gasteiger partial charge is 0.497 e. The van der Waals surface area contributed by atoms with Crippen LogP contribution < -0.4 is 4.74 Å². The van der Waals surface area contributed by atoms with Crippen LogP contribution in [0.5, 0.6) is 5.75 Å². The fraction of sp³-hybridized carbons (Fsp3) is 0.464. The van der Waals surface area contributed by atoms with Gasteiger partial charge in [-0.25, -0.2) is 9.37 Å². The van der Waals surface area contributed by atoms with Crippen LogP contribution in [-0.2, 0) is 4.79 Å². The van der Waals surface area contributed by atoms with Crippen molar-refractivity contribution in [2.24, 2.45) is 11.8 Å². The van der Waals surface area contributed by atoms with E-state index in [1.807, 2.05) is 24.3 Å². The molecule has 9 heteroatoms. The average molecular weight is 528 g/mol. The highest BCUT2D eigenvalue weighted by Crippen LogP contribution is 2.35. The van der Waals surface area contributed by atoms with Gasteiger partial charge in [-0.3, -0.25) is 9.78 Å². The molecule has 1 saturated heterocycles. The summed E-state index contributed by atoms with van der Waals surface area (Å²) in [7, 11) is 1.61. The number of carbonyl (C=O) groups is 1. The van der Waals surface area contributed by atoms with E-state index in [-0.39, 0.29) is 24.1 Å². The minimum Gasteiger partial charge on any atom is -0.497 e. The molecule has 3 atom stereocenters. The zero-order chi connectivity index (χ0) is 26.2. The SMILES string of the molecule is COc1ccc2nccc(C(O)CC[C@@H]3CCN(CCCSc4ncccc4F)C[C@@H]3CC(=O)O)c2c1. The molecule has 3 aromatic rings. The Kier molecular flexibility index (Phi) is 9.71. The third kappa shape index (κ3) is 7.40. The van der Waals surface area contributed by atoms with Crippen LogP contribution in [0.4, 0.5) is 4.39 Å². The topological polar surface area (TPSA) is 95.8 Å². The van der Waals surface area contributed by atoms with Crippen molar-refractivity contribution in [3.63, 3.8) is 0 Å². The van der Waals surface area contributed by atoms with Gasteiger partial charge < -0.3 is 19.8 Å². The van der Waals surface area contributed by atoms with Gasteiger partial charge in [0, 0.05) is 36.5 Å². The average Bonchev–Trinajstić information content (AvgIpc) is 2.90. The Labute approximate surface area is 221 Å². The number of carboxylic acid groups (broad SMARTS) is 1. The molecule has 1 aliphatic heterocycles. The molecule has 7 nitrogen and oxygen atoms in total. The van der Waals surface area contributed by atoms with Gasteiger partial charge in [-0.05, 0) is 92.6 Å². The summed E-state index contributed by atoms with van der Waals surface area (Å²) < 4.78 is 19.1. The number of hydrogen-bond donors (Lipinski definition) is 2. The van der Waals surface area contributed by atoms with Crippen molar-refractivity contribution in [1.82, 2.24) is 14.9 Å². The van der Waals surface area contributed by atoms with Crippen molar-refractivity contribution < 1.29 is 24.1 Å². The molecule has 2 aromatic heterocycles. The normalized spacial score (nSPS) is 19.1. The van der Waals surface area contributed by atoms with Gasteiger partial charge in [0.25, 0.3) is 0 Å². The summed E-state index contributed by atoms with van der Waals surface area (Å²) >= 11 is 1.41. The monoisotopic (exact) mass is 527 g/mol. The summed E-state index contributed by atoms with van der Waals surface area (Å²) in [4.78, 5) is 22.4. The second-order valence-electron chi connectivity index (χ2n) is 9.58. The first-order valence-corrected chi connectivity index (χ1v) is 13.7. The van der Waals surface area contributed by atoms with E-state index in [1.165, 1.54) is 17.8 Å². The van der Waals surface area contributed by atoms with Crippen LogP contribution in [-0.4, -0.2) is 63.5 Å². The molecule has 4 rings (SSSR count). The van der Waals surface area contributed by atoms with Crippen LogP contribution in [0.15, 0.2) is 53.8 Å². The van der Waals surface area contributed by atoms with E-state index in [4.69, 9.17) is 4.74 Å². The fourth-order valence-corrected chi connectivity index (χ4v) is 6.03. The van der Waals surface area contributed by atoms with Crippen LogP contribution in [0.1, 0.15) is 43.8 Å². The number of nitrogens with zero attached hydrogens (tertiary/aromatic N) is 3. The Hall–Kier alpha value is -2.75. The van der Waals surface area contributed by atoms with Gasteiger partial charge in [-0.1, -0.05) is 0 Å². The van der Waals surface area contributed by atoms with Crippen LogP contribution in [0.3, 0.4) is 0 Å². The predicted octanol–water partition coefficient (Wildman–Crippen LogP) is 5.19. The number of aromatic nitrogens is 2. The number of aliphatic carboxylic acids is 1. The summed E-state index contributed by atoms with van der Waals surface area (Å²) in [6, 6.07) is 10.5. The molecule has 0 bridgehead atoms. The number of methoxy groups -OCH3 is 1. The molecule has 1 aliphatic rings. The number of halogens is 1. The fourth-order valence-electron chi connectivity index (χ4n) is 5.22. The molecule has 0 saturated carbocycles. The molecule has 2 N–H and O–H groups in total. The van der Waals surface area contributed by atoms with Crippen molar-refractivity contribution in [2.45, 2.75) is 43.2 Å². The molecule has 0 radical (unpaired) electrons. The first-order valence-electron chi connectivity index (χ1n) is 12.7. The predicted molar refractivity (Wildman–Crippen MR) is 142 cm³/mol. The molecule has 1 unspecified atom stereocenters. The zero-order valence-corrected chi connectivity index (χ0v) is 21.9. The number of piperidine rings is 1. The number of aliphatic hydroxyl groups is 1. The number of fused-ring (bicyclic) bond motifs is 1. The molecule has 0 amide bonds. The van der Waals surface area contributed by atoms with Crippen molar-refractivity contribution in [1.29, 1.82) is 0 Å². The van der Waals surface area contributed by atoms with Gasteiger partial charge in [0.15, 0.2) is 5.82 Å². The number of ether oxygens (including phenoxy) is 1. The standard InChI is InChI=1S/C28H34FN3O4S/c1-36-21-6-7-25-23(17-21)22(9-12-30-25)26(33)8-5-19-10-14-32(18-20(19)16-27(34)35)13-3-15-37-28-24(29)4-2-11-31-28/h2,4,6-7,9,11-12,17,19-20,26,33H,3,5,8,10,13-16,18H2,1H3,(H,34,35)/t19-,20+,26?/m1/s1. The third-order valence-corrected chi connectivity index (χ3v) is 8.21. The third-order valence-electron chi connectivity index (χ3n) is 7.15. The number of likely N-dealkylation sites (tertiary alicyclic amines) is 1. The number of pyridine rings is 2. The summed E-state index contributed by atoms with van der Waals surface area (Å²) in [5.74, 6) is 0.664. The minimum atomic E-state index is -0.786. The van der Waals surface area contributed by atoms with Gasteiger partial charge in [-0.2, -0.15) is 0 Å². The quantitative estimate of drug-likeness (QED) is 0.246. The minimum absolute atomic E-state index is 0.0358. The summed E-state index contributed by atoms with van der Waals surface area (Å²) in [6.45, 7) is 2.47. The lowest BCUT2D eigenvalue weighted by molar-refractivity contribution is -0.139. The highest BCUT2D eigenvalue weighted by molar-refractivity contribution is 7.99. The summed E-state index contributed by atoms with van der Waals surface area (Å²) in [5, 5.41) is 21.9. The molecular formula is C28H34FN3O4S.